The summed E-state index contributed by atoms with van der Waals surface area (Å²) in [6.45, 7) is 2.49. The molecule has 0 fully saturated rings. The van der Waals surface area contributed by atoms with Crippen molar-refractivity contribution in [2.45, 2.75) is 13.5 Å². The normalized spacial score (nSPS) is 11.2. The van der Waals surface area contributed by atoms with Crippen molar-refractivity contribution >= 4 is 38.3 Å². The molecule has 120 valence electrons. The molecular weight excluding hydrogens is 322 g/mol. The second-order valence-corrected chi connectivity index (χ2v) is 6.59. The molecule has 3 aromatic heterocycles. The van der Waals surface area contributed by atoms with Gasteiger partial charge in [0.05, 0.1) is 17.6 Å². The lowest BCUT2D eigenvalue weighted by molar-refractivity contribution is 0.829. The maximum atomic E-state index is 12.1. The number of H-pyrrole nitrogens is 1. The van der Waals surface area contributed by atoms with E-state index in [0.717, 1.165) is 27.8 Å². The summed E-state index contributed by atoms with van der Waals surface area (Å²) in [5.74, 6) is 1.43. The van der Waals surface area contributed by atoms with Gasteiger partial charge in [-0.2, -0.15) is 0 Å². The average Bonchev–Trinajstić information content (AvgIpc) is 3.04. The van der Waals surface area contributed by atoms with Gasteiger partial charge in [-0.05, 0) is 30.0 Å². The molecule has 0 atom stereocenters. The van der Waals surface area contributed by atoms with Crippen molar-refractivity contribution < 1.29 is 0 Å². The maximum absolute atomic E-state index is 12.1. The zero-order valence-corrected chi connectivity index (χ0v) is 14.1. The Morgan fingerprint density at radius 2 is 2.12 bits per heavy atom. The Balaban J connectivity index is 1.75. The summed E-state index contributed by atoms with van der Waals surface area (Å²) in [6.07, 6.45) is 1.57. The topological polar surface area (TPSA) is 74.8 Å². The smallest absolute Gasteiger partial charge is 0.268 e. The summed E-state index contributed by atoms with van der Waals surface area (Å²) in [5.41, 5.74) is 2.68. The van der Waals surface area contributed by atoms with Crippen molar-refractivity contribution in [3.05, 3.63) is 57.7 Å². The molecule has 6 nitrogen and oxygen atoms in total. The summed E-state index contributed by atoms with van der Waals surface area (Å²) in [7, 11) is 1.93. The van der Waals surface area contributed by atoms with Crippen LogP contribution in [0.1, 0.15) is 11.4 Å². The first kappa shape index (κ1) is 14.8. The molecular formula is C17H15N5OS. The highest BCUT2D eigenvalue weighted by molar-refractivity contribution is 7.17. The maximum Gasteiger partial charge on any atom is 0.268 e. The second-order valence-electron chi connectivity index (χ2n) is 5.67. The molecule has 0 radical (unpaired) electrons. The number of aromatic nitrogens is 4. The van der Waals surface area contributed by atoms with Crippen LogP contribution >= 0.6 is 11.3 Å². The van der Waals surface area contributed by atoms with E-state index in [9.17, 15) is 4.79 Å². The fourth-order valence-electron chi connectivity index (χ4n) is 2.82. The number of aromatic amines is 1. The zero-order chi connectivity index (χ0) is 16.7. The predicted molar refractivity (Wildman–Crippen MR) is 96.6 cm³/mol. The molecule has 3 heterocycles. The molecule has 4 aromatic rings. The van der Waals surface area contributed by atoms with Crippen molar-refractivity contribution in [1.82, 2.24) is 19.9 Å². The number of aryl methyl sites for hydroxylation is 1. The van der Waals surface area contributed by atoms with Crippen molar-refractivity contribution in [2.24, 2.45) is 0 Å². The van der Waals surface area contributed by atoms with Gasteiger partial charge in [-0.3, -0.25) is 4.79 Å². The van der Waals surface area contributed by atoms with Crippen LogP contribution in [0.15, 0.2) is 40.8 Å². The minimum atomic E-state index is -0.0956. The van der Waals surface area contributed by atoms with Crippen LogP contribution in [-0.2, 0) is 6.54 Å². The highest BCUT2D eigenvalue weighted by Gasteiger charge is 2.12. The van der Waals surface area contributed by atoms with Crippen molar-refractivity contribution in [3.63, 3.8) is 0 Å². The van der Waals surface area contributed by atoms with E-state index >= 15 is 0 Å². The van der Waals surface area contributed by atoms with E-state index in [-0.39, 0.29) is 5.56 Å². The van der Waals surface area contributed by atoms with Crippen molar-refractivity contribution in [1.29, 1.82) is 0 Å². The molecule has 24 heavy (non-hydrogen) atoms. The molecule has 0 unspecified atom stereocenters. The molecule has 0 aliphatic carbocycles. The highest BCUT2D eigenvalue weighted by atomic mass is 32.1. The number of hydrogen-bond acceptors (Lipinski definition) is 6. The van der Waals surface area contributed by atoms with Crippen LogP contribution in [0.25, 0.3) is 21.1 Å². The fraction of sp³-hybridized carbons (Fsp3) is 0.176. The average molecular weight is 337 g/mol. The fourth-order valence-corrected chi connectivity index (χ4v) is 3.55. The molecule has 0 bridgehead atoms. The summed E-state index contributed by atoms with van der Waals surface area (Å²) >= 11 is 1.40. The van der Waals surface area contributed by atoms with E-state index in [0.29, 0.717) is 17.1 Å². The zero-order valence-electron chi connectivity index (χ0n) is 13.3. The number of rotatable bonds is 3. The summed E-state index contributed by atoms with van der Waals surface area (Å²) in [5, 5.41) is 2.86. The van der Waals surface area contributed by atoms with Crippen LogP contribution in [0.2, 0.25) is 0 Å². The second kappa shape index (κ2) is 5.68. The molecule has 0 aliphatic rings. The van der Waals surface area contributed by atoms with Gasteiger partial charge in [0.25, 0.3) is 5.56 Å². The highest BCUT2D eigenvalue weighted by Crippen LogP contribution is 2.25. The van der Waals surface area contributed by atoms with E-state index in [4.69, 9.17) is 0 Å². The largest absolute Gasteiger partial charge is 0.352 e. The number of hydrogen-bond donors (Lipinski definition) is 1. The molecule has 0 amide bonds. The summed E-state index contributed by atoms with van der Waals surface area (Å²) < 4.78 is 0.657. The van der Waals surface area contributed by atoms with E-state index in [1.807, 2.05) is 48.5 Å². The Bertz CT molecular complexity index is 1100. The lowest BCUT2D eigenvalue weighted by Crippen LogP contribution is -2.22. The Hall–Kier alpha value is -2.80. The molecule has 4 rings (SSSR count). The van der Waals surface area contributed by atoms with E-state index in [1.54, 1.807) is 6.33 Å². The number of para-hydroxylation sites is 1. The quantitative estimate of drug-likeness (QED) is 0.622. The van der Waals surface area contributed by atoms with Gasteiger partial charge < -0.3 is 9.88 Å². The molecule has 1 N–H and O–H groups in total. The Kier molecular flexibility index (Phi) is 3.50. The number of thiophene rings is 1. The van der Waals surface area contributed by atoms with Gasteiger partial charge >= 0.3 is 0 Å². The first-order chi connectivity index (χ1) is 11.6. The van der Waals surface area contributed by atoms with Gasteiger partial charge in [0.2, 0.25) is 0 Å². The van der Waals surface area contributed by atoms with Gasteiger partial charge in [0, 0.05) is 12.4 Å². The third-order valence-electron chi connectivity index (χ3n) is 3.96. The first-order valence-electron chi connectivity index (χ1n) is 7.51. The molecule has 1 aromatic carbocycles. The van der Waals surface area contributed by atoms with E-state index in [2.05, 4.69) is 19.9 Å². The van der Waals surface area contributed by atoms with Crippen LogP contribution in [-0.4, -0.2) is 27.0 Å². The number of fused-ring (bicyclic) bond motifs is 2. The van der Waals surface area contributed by atoms with Crippen LogP contribution < -0.4 is 10.5 Å². The van der Waals surface area contributed by atoms with Gasteiger partial charge in [-0.1, -0.05) is 12.1 Å². The number of benzene rings is 1. The van der Waals surface area contributed by atoms with Crippen LogP contribution in [0.5, 0.6) is 0 Å². The molecule has 0 aliphatic heterocycles. The van der Waals surface area contributed by atoms with Gasteiger partial charge in [0.1, 0.15) is 22.7 Å². The lowest BCUT2D eigenvalue weighted by atomic mass is 10.1. The first-order valence-corrected chi connectivity index (χ1v) is 8.39. The molecule has 7 heteroatoms. The SMILES string of the molecule is Cc1cccc2c(N(C)Cc3nc4ccsc4c(=O)[nH]3)ncnc12. The minimum Gasteiger partial charge on any atom is -0.352 e. The molecule has 0 saturated heterocycles. The van der Waals surface area contributed by atoms with Gasteiger partial charge in [-0.15, -0.1) is 11.3 Å². The third-order valence-corrected chi connectivity index (χ3v) is 4.86. The standard InChI is InChI=1S/C17H15N5OS/c1-10-4-3-5-11-14(10)18-9-19-16(11)22(2)8-13-20-12-6-7-24-15(12)17(23)21-13/h3-7,9H,8H2,1-2H3,(H,20,21,23). The van der Waals surface area contributed by atoms with E-state index in [1.165, 1.54) is 11.3 Å². The number of nitrogens with zero attached hydrogens (tertiary/aromatic N) is 4. The lowest BCUT2D eigenvalue weighted by Gasteiger charge is -2.19. The van der Waals surface area contributed by atoms with Crippen LogP contribution in [0.4, 0.5) is 5.82 Å². The predicted octanol–water partition coefficient (Wildman–Crippen LogP) is 2.87. The van der Waals surface area contributed by atoms with Crippen LogP contribution in [0.3, 0.4) is 0 Å². The summed E-state index contributed by atoms with van der Waals surface area (Å²) in [6, 6.07) is 7.90. The van der Waals surface area contributed by atoms with Gasteiger partial charge in [0.15, 0.2) is 0 Å². The van der Waals surface area contributed by atoms with Crippen molar-refractivity contribution in [2.75, 3.05) is 11.9 Å². The number of nitrogens with one attached hydrogen (secondary N) is 1. The third kappa shape index (κ3) is 2.43. The summed E-state index contributed by atoms with van der Waals surface area (Å²) in [4.78, 5) is 30.2. The van der Waals surface area contributed by atoms with Crippen molar-refractivity contribution in [3.8, 4) is 0 Å². The minimum absolute atomic E-state index is 0.0956. The number of anilines is 1. The van der Waals surface area contributed by atoms with Gasteiger partial charge in [-0.25, -0.2) is 15.0 Å². The van der Waals surface area contributed by atoms with Crippen LogP contribution in [0, 0.1) is 6.92 Å². The Labute approximate surface area is 141 Å². The van der Waals surface area contributed by atoms with E-state index < -0.39 is 0 Å². The Morgan fingerprint density at radius 1 is 1.25 bits per heavy atom. The monoisotopic (exact) mass is 337 g/mol. The Morgan fingerprint density at radius 3 is 3.00 bits per heavy atom. The molecule has 0 saturated carbocycles. The molecule has 0 spiro atoms.